The highest BCUT2D eigenvalue weighted by molar-refractivity contribution is 6.36. The number of amides is 3. The van der Waals surface area contributed by atoms with Gasteiger partial charge in [-0.25, -0.2) is 0 Å². The average molecular weight is 400 g/mol. The van der Waals surface area contributed by atoms with Crippen molar-refractivity contribution in [2.75, 3.05) is 13.1 Å². The van der Waals surface area contributed by atoms with E-state index in [2.05, 4.69) is 22.9 Å². The minimum Gasteiger partial charge on any atom is -0.352 e. The van der Waals surface area contributed by atoms with Crippen molar-refractivity contribution >= 4 is 40.9 Å². The van der Waals surface area contributed by atoms with Gasteiger partial charge < -0.3 is 16.0 Å². The maximum absolute atomic E-state index is 12.0. The zero-order valence-corrected chi connectivity index (χ0v) is 16.1. The maximum atomic E-state index is 12.0. The van der Waals surface area contributed by atoms with E-state index in [4.69, 9.17) is 23.2 Å². The van der Waals surface area contributed by atoms with Crippen molar-refractivity contribution in [2.45, 2.75) is 38.6 Å². The molecule has 142 valence electrons. The standard InChI is InChI=1S/C18H23Cl2N3O3/c1-11-4-2-3-5-15(11)23-17(25)10-21-16(24)9-22-18(26)13-7-6-12(19)8-14(13)20/h6-8,11,15H,2-5,9-10H2,1H3,(H,21,24)(H,22,26)(H,23,25)/t11-,15+/m0/s1. The molecule has 1 aromatic carbocycles. The topological polar surface area (TPSA) is 87.3 Å². The summed E-state index contributed by atoms with van der Waals surface area (Å²) in [5, 5.41) is 8.54. The first kappa shape index (κ1) is 20.5. The van der Waals surface area contributed by atoms with Crippen LogP contribution in [0.15, 0.2) is 18.2 Å². The number of hydrogen-bond acceptors (Lipinski definition) is 3. The molecule has 0 aliphatic heterocycles. The summed E-state index contributed by atoms with van der Waals surface area (Å²) < 4.78 is 0. The molecule has 0 heterocycles. The molecule has 0 spiro atoms. The number of benzene rings is 1. The molecule has 6 nitrogen and oxygen atoms in total. The number of nitrogens with one attached hydrogen (secondary N) is 3. The van der Waals surface area contributed by atoms with Gasteiger partial charge in [0.1, 0.15) is 0 Å². The molecule has 0 radical (unpaired) electrons. The molecule has 0 saturated heterocycles. The lowest BCUT2D eigenvalue weighted by Crippen LogP contribution is -2.47. The van der Waals surface area contributed by atoms with Crippen LogP contribution < -0.4 is 16.0 Å². The van der Waals surface area contributed by atoms with E-state index in [1.165, 1.54) is 18.6 Å². The third kappa shape index (κ3) is 6.18. The summed E-state index contributed by atoms with van der Waals surface area (Å²) >= 11 is 11.7. The monoisotopic (exact) mass is 399 g/mol. The molecule has 8 heteroatoms. The summed E-state index contributed by atoms with van der Waals surface area (Å²) in [6.07, 6.45) is 4.39. The van der Waals surface area contributed by atoms with Crippen LogP contribution in [-0.2, 0) is 9.59 Å². The Bertz CT molecular complexity index is 682. The van der Waals surface area contributed by atoms with E-state index in [-0.39, 0.29) is 35.6 Å². The van der Waals surface area contributed by atoms with E-state index < -0.39 is 11.8 Å². The molecule has 26 heavy (non-hydrogen) atoms. The van der Waals surface area contributed by atoms with E-state index in [9.17, 15) is 14.4 Å². The fraction of sp³-hybridized carbons (Fsp3) is 0.500. The van der Waals surface area contributed by atoms with Gasteiger partial charge in [-0.3, -0.25) is 14.4 Å². The van der Waals surface area contributed by atoms with Crippen LogP contribution in [0.4, 0.5) is 0 Å². The van der Waals surface area contributed by atoms with E-state index in [0.29, 0.717) is 10.9 Å². The van der Waals surface area contributed by atoms with Crippen LogP contribution in [0.3, 0.4) is 0 Å². The normalized spacial score (nSPS) is 19.5. The van der Waals surface area contributed by atoms with Gasteiger partial charge in [0.2, 0.25) is 11.8 Å². The Morgan fingerprint density at radius 3 is 2.42 bits per heavy atom. The summed E-state index contributed by atoms with van der Waals surface area (Å²) in [7, 11) is 0. The Balaban J connectivity index is 1.71. The molecule has 1 aliphatic carbocycles. The molecule has 3 N–H and O–H groups in total. The van der Waals surface area contributed by atoms with Crippen LogP contribution in [0.1, 0.15) is 43.0 Å². The van der Waals surface area contributed by atoms with Crippen molar-refractivity contribution in [1.82, 2.24) is 16.0 Å². The number of hydrogen-bond donors (Lipinski definition) is 3. The first-order valence-electron chi connectivity index (χ1n) is 8.66. The van der Waals surface area contributed by atoms with Crippen LogP contribution in [0.5, 0.6) is 0 Å². The number of carbonyl (C=O) groups is 3. The second kappa shape index (κ2) is 9.78. The molecule has 2 rings (SSSR count). The predicted molar refractivity (Wildman–Crippen MR) is 101 cm³/mol. The third-order valence-corrected chi connectivity index (χ3v) is 5.04. The summed E-state index contributed by atoms with van der Waals surface area (Å²) in [6, 6.07) is 4.64. The zero-order valence-electron chi connectivity index (χ0n) is 14.6. The molecule has 1 aromatic rings. The van der Waals surface area contributed by atoms with Crippen LogP contribution >= 0.6 is 23.2 Å². The van der Waals surface area contributed by atoms with Gasteiger partial charge in [-0.1, -0.05) is 43.0 Å². The summed E-state index contributed by atoms with van der Waals surface area (Å²) in [5.41, 5.74) is 0.230. The fourth-order valence-corrected chi connectivity index (χ4v) is 3.45. The summed E-state index contributed by atoms with van der Waals surface area (Å²) in [5.74, 6) is -0.700. The molecular formula is C18H23Cl2N3O3. The van der Waals surface area contributed by atoms with Crippen molar-refractivity contribution < 1.29 is 14.4 Å². The molecule has 0 aromatic heterocycles. The lowest BCUT2D eigenvalue weighted by molar-refractivity contribution is -0.126. The Morgan fingerprint density at radius 1 is 1.04 bits per heavy atom. The highest BCUT2D eigenvalue weighted by atomic mass is 35.5. The Kier molecular flexibility index (Phi) is 7.72. The Labute approximate surface area is 163 Å². The van der Waals surface area contributed by atoms with E-state index in [1.54, 1.807) is 6.07 Å². The van der Waals surface area contributed by atoms with Gasteiger partial charge in [0.15, 0.2) is 0 Å². The summed E-state index contributed by atoms with van der Waals surface area (Å²) in [6.45, 7) is 1.77. The first-order valence-corrected chi connectivity index (χ1v) is 9.41. The fourth-order valence-electron chi connectivity index (χ4n) is 2.96. The number of carbonyl (C=O) groups excluding carboxylic acids is 3. The number of rotatable bonds is 6. The SMILES string of the molecule is C[C@H]1CCCC[C@H]1NC(=O)CNC(=O)CNC(=O)c1ccc(Cl)cc1Cl. The molecular weight excluding hydrogens is 377 g/mol. The Hall–Kier alpha value is -1.79. The van der Waals surface area contributed by atoms with Crippen LogP contribution in [0.2, 0.25) is 10.0 Å². The number of halogens is 2. The predicted octanol–water partition coefficient (Wildman–Crippen LogP) is 2.53. The molecule has 0 bridgehead atoms. The van der Waals surface area contributed by atoms with E-state index in [0.717, 1.165) is 19.3 Å². The second-order valence-electron chi connectivity index (χ2n) is 6.52. The molecule has 1 saturated carbocycles. The molecule has 1 aliphatic rings. The molecule has 2 atom stereocenters. The van der Waals surface area contributed by atoms with Gasteiger partial charge in [0.05, 0.1) is 23.7 Å². The largest absolute Gasteiger partial charge is 0.352 e. The van der Waals surface area contributed by atoms with Crippen molar-refractivity contribution in [2.24, 2.45) is 5.92 Å². The molecule has 0 unspecified atom stereocenters. The van der Waals surface area contributed by atoms with Gasteiger partial charge in [0.25, 0.3) is 5.91 Å². The smallest absolute Gasteiger partial charge is 0.253 e. The average Bonchev–Trinajstić information content (AvgIpc) is 2.60. The van der Waals surface area contributed by atoms with Crippen LogP contribution in [0.25, 0.3) is 0 Å². The van der Waals surface area contributed by atoms with Crippen molar-refractivity contribution in [3.05, 3.63) is 33.8 Å². The van der Waals surface area contributed by atoms with Crippen LogP contribution in [0, 0.1) is 5.92 Å². The van der Waals surface area contributed by atoms with Gasteiger partial charge in [0, 0.05) is 11.1 Å². The van der Waals surface area contributed by atoms with Crippen LogP contribution in [-0.4, -0.2) is 36.9 Å². The van der Waals surface area contributed by atoms with Gasteiger partial charge in [-0.05, 0) is 37.0 Å². The quantitative estimate of drug-likeness (QED) is 0.686. The van der Waals surface area contributed by atoms with Crippen molar-refractivity contribution in [3.63, 3.8) is 0 Å². The highest BCUT2D eigenvalue weighted by Crippen LogP contribution is 2.23. The van der Waals surface area contributed by atoms with E-state index in [1.807, 2.05) is 0 Å². The minimum atomic E-state index is -0.484. The van der Waals surface area contributed by atoms with Crippen molar-refractivity contribution in [3.8, 4) is 0 Å². The molecule has 1 fully saturated rings. The van der Waals surface area contributed by atoms with Gasteiger partial charge in [-0.2, -0.15) is 0 Å². The lowest BCUT2D eigenvalue weighted by atomic mass is 9.86. The Morgan fingerprint density at radius 2 is 1.73 bits per heavy atom. The van der Waals surface area contributed by atoms with Gasteiger partial charge >= 0.3 is 0 Å². The van der Waals surface area contributed by atoms with E-state index >= 15 is 0 Å². The first-order chi connectivity index (χ1) is 12.4. The minimum absolute atomic E-state index is 0.111. The zero-order chi connectivity index (χ0) is 19.1. The second-order valence-corrected chi connectivity index (χ2v) is 7.36. The summed E-state index contributed by atoms with van der Waals surface area (Å²) in [4.78, 5) is 35.8. The lowest BCUT2D eigenvalue weighted by Gasteiger charge is -2.29. The highest BCUT2D eigenvalue weighted by Gasteiger charge is 2.22. The molecule has 3 amide bonds. The maximum Gasteiger partial charge on any atom is 0.253 e. The van der Waals surface area contributed by atoms with Crippen molar-refractivity contribution in [1.29, 1.82) is 0 Å². The third-order valence-electron chi connectivity index (χ3n) is 4.49. The van der Waals surface area contributed by atoms with Gasteiger partial charge in [-0.15, -0.1) is 0 Å².